The largest absolute Gasteiger partial charge is 0.348 e. The van der Waals surface area contributed by atoms with Gasteiger partial charge in [0.1, 0.15) is 5.69 Å². The molecule has 0 saturated carbocycles. The van der Waals surface area contributed by atoms with E-state index in [1.807, 2.05) is 24.3 Å². The number of hydrogen-bond donors (Lipinski definition) is 1. The zero-order valence-electron chi connectivity index (χ0n) is 14.1. The Morgan fingerprint density at radius 3 is 2.52 bits per heavy atom. The second kappa shape index (κ2) is 7.80. The van der Waals surface area contributed by atoms with Crippen LogP contribution in [0.4, 0.5) is 0 Å². The summed E-state index contributed by atoms with van der Waals surface area (Å²) in [5.74, 6) is -0.230. The van der Waals surface area contributed by atoms with Gasteiger partial charge in [-0.05, 0) is 36.6 Å². The number of benzene rings is 1. The zero-order valence-corrected chi connectivity index (χ0v) is 14.9. The molecule has 132 valence electrons. The van der Waals surface area contributed by atoms with Gasteiger partial charge in [-0.3, -0.25) is 14.5 Å². The number of aryl methyl sites for hydroxylation is 1. The quantitative estimate of drug-likeness (QED) is 0.903. The van der Waals surface area contributed by atoms with Crippen molar-refractivity contribution in [2.45, 2.75) is 25.4 Å². The van der Waals surface area contributed by atoms with Crippen molar-refractivity contribution in [3.8, 4) is 0 Å². The highest BCUT2D eigenvalue weighted by Gasteiger charge is 2.21. The standard InChI is InChI=1S/C18H21ClN4O2/c1-22-17(24)7-6-16(21-22)18(25)20-15-8-10-23(11-9-15)12-13-2-4-14(19)5-3-13/h2-7,15H,8-12H2,1H3,(H,20,25). The fourth-order valence-electron chi connectivity index (χ4n) is 2.97. The maximum atomic E-state index is 12.3. The molecule has 2 aromatic rings. The van der Waals surface area contributed by atoms with Crippen LogP contribution in [0.3, 0.4) is 0 Å². The van der Waals surface area contributed by atoms with Crippen molar-refractivity contribution in [2.24, 2.45) is 7.05 Å². The fourth-order valence-corrected chi connectivity index (χ4v) is 3.09. The van der Waals surface area contributed by atoms with Crippen LogP contribution in [-0.2, 0) is 13.6 Å². The third-order valence-corrected chi connectivity index (χ3v) is 4.69. The number of piperidine rings is 1. The monoisotopic (exact) mass is 360 g/mol. The van der Waals surface area contributed by atoms with E-state index in [1.54, 1.807) is 0 Å². The third kappa shape index (κ3) is 4.67. The summed E-state index contributed by atoms with van der Waals surface area (Å²) in [6.07, 6.45) is 1.79. The van der Waals surface area contributed by atoms with Crippen LogP contribution >= 0.6 is 11.6 Å². The highest BCUT2D eigenvalue weighted by molar-refractivity contribution is 6.30. The first-order valence-corrected chi connectivity index (χ1v) is 8.71. The lowest BCUT2D eigenvalue weighted by molar-refractivity contribution is 0.0901. The summed E-state index contributed by atoms with van der Waals surface area (Å²) in [4.78, 5) is 26.0. The molecule has 1 aromatic heterocycles. The Balaban J connectivity index is 1.50. The van der Waals surface area contributed by atoms with Gasteiger partial charge in [0, 0.05) is 43.8 Å². The molecule has 25 heavy (non-hydrogen) atoms. The molecular weight excluding hydrogens is 340 g/mol. The number of nitrogens with one attached hydrogen (secondary N) is 1. The smallest absolute Gasteiger partial charge is 0.271 e. The molecule has 1 N–H and O–H groups in total. The molecule has 7 heteroatoms. The van der Waals surface area contributed by atoms with E-state index in [9.17, 15) is 9.59 Å². The lowest BCUT2D eigenvalue weighted by atomic mass is 10.0. The molecule has 0 unspecified atom stereocenters. The van der Waals surface area contributed by atoms with Crippen LogP contribution in [0.2, 0.25) is 5.02 Å². The SMILES string of the molecule is Cn1nc(C(=O)NC2CCN(Cc3ccc(Cl)cc3)CC2)ccc1=O. The number of halogens is 1. The molecule has 1 amide bonds. The molecule has 2 heterocycles. The van der Waals surface area contributed by atoms with Crippen LogP contribution in [0.5, 0.6) is 0 Å². The summed E-state index contributed by atoms with van der Waals surface area (Å²) in [7, 11) is 1.54. The summed E-state index contributed by atoms with van der Waals surface area (Å²) >= 11 is 5.91. The molecular formula is C18H21ClN4O2. The van der Waals surface area contributed by atoms with E-state index in [1.165, 1.54) is 29.4 Å². The third-order valence-electron chi connectivity index (χ3n) is 4.44. The van der Waals surface area contributed by atoms with E-state index in [0.717, 1.165) is 37.5 Å². The van der Waals surface area contributed by atoms with Gasteiger partial charge in [-0.15, -0.1) is 0 Å². The molecule has 0 aliphatic carbocycles. The Morgan fingerprint density at radius 2 is 1.88 bits per heavy atom. The normalized spacial score (nSPS) is 15.9. The van der Waals surface area contributed by atoms with Crippen molar-refractivity contribution < 1.29 is 4.79 Å². The van der Waals surface area contributed by atoms with Crippen LogP contribution in [0.25, 0.3) is 0 Å². The second-order valence-corrected chi connectivity index (χ2v) is 6.77. The zero-order chi connectivity index (χ0) is 17.8. The lowest BCUT2D eigenvalue weighted by Gasteiger charge is -2.32. The summed E-state index contributed by atoms with van der Waals surface area (Å²) in [6, 6.07) is 10.9. The highest BCUT2D eigenvalue weighted by atomic mass is 35.5. The number of rotatable bonds is 4. The lowest BCUT2D eigenvalue weighted by Crippen LogP contribution is -2.44. The number of carbonyl (C=O) groups is 1. The van der Waals surface area contributed by atoms with Gasteiger partial charge in [0.25, 0.3) is 11.5 Å². The number of amides is 1. The molecule has 6 nitrogen and oxygen atoms in total. The molecule has 0 bridgehead atoms. The molecule has 1 aromatic carbocycles. The van der Waals surface area contributed by atoms with Crippen molar-refractivity contribution in [1.82, 2.24) is 20.0 Å². The van der Waals surface area contributed by atoms with Gasteiger partial charge in [-0.25, -0.2) is 4.68 Å². The summed E-state index contributed by atoms with van der Waals surface area (Å²) < 4.78 is 1.17. The van der Waals surface area contributed by atoms with E-state index in [2.05, 4.69) is 15.3 Å². The van der Waals surface area contributed by atoms with Crippen LogP contribution in [-0.4, -0.2) is 39.7 Å². The van der Waals surface area contributed by atoms with E-state index in [4.69, 9.17) is 11.6 Å². The predicted molar refractivity (Wildman–Crippen MR) is 96.7 cm³/mol. The number of nitrogens with zero attached hydrogens (tertiary/aromatic N) is 3. The van der Waals surface area contributed by atoms with Gasteiger partial charge < -0.3 is 5.32 Å². The van der Waals surface area contributed by atoms with Gasteiger partial charge in [0.2, 0.25) is 0 Å². The average Bonchev–Trinajstić information content (AvgIpc) is 2.61. The highest BCUT2D eigenvalue weighted by Crippen LogP contribution is 2.16. The fraction of sp³-hybridized carbons (Fsp3) is 0.389. The molecule has 0 radical (unpaired) electrons. The Morgan fingerprint density at radius 1 is 1.20 bits per heavy atom. The van der Waals surface area contributed by atoms with Crippen LogP contribution in [0.15, 0.2) is 41.2 Å². The summed E-state index contributed by atoms with van der Waals surface area (Å²) in [5, 5.41) is 7.75. The van der Waals surface area contributed by atoms with Crippen LogP contribution in [0.1, 0.15) is 28.9 Å². The van der Waals surface area contributed by atoms with E-state index in [0.29, 0.717) is 0 Å². The molecule has 3 rings (SSSR count). The molecule has 0 atom stereocenters. The van der Waals surface area contributed by atoms with Crippen molar-refractivity contribution in [3.63, 3.8) is 0 Å². The topological polar surface area (TPSA) is 67.2 Å². The number of carbonyl (C=O) groups excluding carboxylic acids is 1. The van der Waals surface area contributed by atoms with Crippen molar-refractivity contribution in [3.05, 3.63) is 63.0 Å². The Kier molecular flexibility index (Phi) is 5.50. The first kappa shape index (κ1) is 17.6. The summed E-state index contributed by atoms with van der Waals surface area (Å²) in [5.41, 5.74) is 1.28. The molecule has 1 aliphatic heterocycles. The second-order valence-electron chi connectivity index (χ2n) is 6.33. The Labute approximate surface area is 151 Å². The Bertz CT molecular complexity index is 795. The van der Waals surface area contributed by atoms with Gasteiger partial charge in [-0.1, -0.05) is 23.7 Å². The maximum Gasteiger partial charge on any atom is 0.271 e. The summed E-state index contributed by atoms with van der Waals surface area (Å²) in [6.45, 7) is 2.74. The predicted octanol–water partition coefficient (Wildman–Crippen LogP) is 1.83. The van der Waals surface area contributed by atoms with Crippen molar-refractivity contribution in [1.29, 1.82) is 0 Å². The first-order chi connectivity index (χ1) is 12.0. The van der Waals surface area contributed by atoms with Crippen molar-refractivity contribution >= 4 is 17.5 Å². The van der Waals surface area contributed by atoms with Crippen molar-refractivity contribution in [2.75, 3.05) is 13.1 Å². The first-order valence-electron chi connectivity index (χ1n) is 8.33. The van der Waals surface area contributed by atoms with E-state index in [-0.39, 0.29) is 23.2 Å². The minimum Gasteiger partial charge on any atom is -0.348 e. The molecule has 1 fully saturated rings. The number of hydrogen-bond acceptors (Lipinski definition) is 4. The number of likely N-dealkylation sites (tertiary alicyclic amines) is 1. The minimum atomic E-state index is -0.230. The van der Waals surface area contributed by atoms with Gasteiger partial charge in [-0.2, -0.15) is 5.10 Å². The maximum absolute atomic E-state index is 12.3. The molecule has 1 aliphatic rings. The van der Waals surface area contributed by atoms with E-state index < -0.39 is 0 Å². The van der Waals surface area contributed by atoms with Gasteiger partial charge in [0.05, 0.1) is 0 Å². The van der Waals surface area contributed by atoms with Crippen LogP contribution in [0, 0.1) is 0 Å². The van der Waals surface area contributed by atoms with Gasteiger partial charge >= 0.3 is 0 Å². The Hall–Kier alpha value is -2.18. The number of aromatic nitrogens is 2. The minimum absolute atomic E-state index is 0.132. The van der Waals surface area contributed by atoms with Crippen LogP contribution < -0.4 is 10.9 Å². The molecule has 0 spiro atoms. The van der Waals surface area contributed by atoms with Gasteiger partial charge in [0.15, 0.2) is 0 Å². The molecule has 1 saturated heterocycles. The average molecular weight is 361 g/mol. The van der Waals surface area contributed by atoms with E-state index >= 15 is 0 Å².